The van der Waals surface area contributed by atoms with Crippen LogP contribution in [0.3, 0.4) is 0 Å². The highest BCUT2D eigenvalue weighted by Gasteiger charge is 2.17. The molecule has 7 heteroatoms. The van der Waals surface area contributed by atoms with Crippen LogP contribution in [0, 0.1) is 0 Å². The van der Waals surface area contributed by atoms with E-state index in [4.69, 9.17) is 21.8 Å². The first kappa shape index (κ1) is 13.7. The van der Waals surface area contributed by atoms with Gasteiger partial charge < -0.3 is 10.2 Å². The Labute approximate surface area is 136 Å². The number of rotatable bonds is 2. The number of fused-ring (bicyclic) bond motifs is 1. The summed E-state index contributed by atoms with van der Waals surface area (Å²) in [5.41, 5.74) is 8.89. The Bertz CT molecular complexity index is 1010. The van der Waals surface area contributed by atoms with Gasteiger partial charge in [-0.25, -0.2) is 9.97 Å². The van der Waals surface area contributed by atoms with E-state index in [1.165, 1.54) is 0 Å². The number of aromatic nitrogens is 4. The summed E-state index contributed by atoms with van der Waals surface area (Å²) in [5.74, 6) is 0.510. The second kappa shape index (κ2) is 5.33. The summed E-state index contributed by atoms with van der Waals surface area (Å²) in [4.78, 5) is 8.75. The number of nitrogens with zero attached hydrogens (tertiary/aromatic N) is 4. The minimum absolute atomic E-state index is 0.200. The number of benzene rings is 2. The van der Waals surface area contributed by atoms with Crippen LogP contribution in [0.15, 0.2) is 52.9 Å². The first-order valence-corrected chi connectivity index (χ1v) is 7.21. The van der Waals surface area contributed by atoms with Crippen LogP contribution in [-0.2, 0) is 0 Å². The third-order valence-corrected chi connectivity index (χ3v) is 3.61. The second-order valence-corrected chi connectivity index (χ2v) is 5.21. The van der Waals surface area contributed by atoms with Gasteiger partial charge in [0, 0.05) is 5.69 Å². The summed E-state index contributed by atoms with van der Waals surface area (Å²) in [5, 5.41) is 8.24. The minimum Gasteiger partial charge on any atom is -0.414 e. The van der Waals surface area contributed by atoms with Crippen molar-refractivity contribution in [3.8, 4) is 23.0 Å². The fraction of sp³-hybridized carbons (Fsp3) is 0. The maximum Gasteiger partial charge on any atom is 0.269 e. The van der Waals surface area contributed by atoms with Crippen molar-refractivity contribution in [1.29, 1.82) is 0 Å². The molecule has 0 amide bonds. The molecule has 0 atom stereocenters. The Hall–Kier alpha value is -2.99. The van der Waals surface area contributed by atoms with E-state index in [1.807, 2.05) is 36.4 Å². The van der Waals surface area contributed by atoms with E-state index < -0.39 is 0 Å². The maximum absolute atomic E-state index is 6.20. The van der Waals surface area contributed by atoms with Crippen LogP contribution < -0.4 is 5.73 Å². The number of nitrogens with two attached hydrogens (primary N) is 1. The predicted molar refractivity (Wildman–Crippen MR) is 87.7 cm³/mol. The van der Waals surface area contributed by atoms with Gasteiger partial charge in [-0.2, -0.15) is 0 Å². The Morgan fingerprint density at radius 3 is 2.26 bits per heavy atom. The van der Waals surface area contributed by atoms with E-state index in [0.717, 1.165) is 0 Å². The number of anilines is 1. The van der Waals surface area contributed by atoms with Gasteiger partial charge in [-0.05, 0) is 24.3 Å². The zero-order valence-corrected chi connectivity index (χ0v) is 12.5. The lowest BCUT2D eigenvalue weighted by molar-refractivity contribution is 0.582. The van der Waals surface area contributed by atoms with Crippen molar-refractivity contribution in [2.45, 2.75) is 0 Å². The van der Waals surface area contributed by atoms with Crippen molar-refractivity contribution in [3.63, 3.8) is 0 Å². The second-order valence-electron chi connectivity index (χ2n) is 4.85. The van der Waals surface area contributed by atoms with Gasteiger partial charge in [0.15, 0.2) is 10.8 Å². The Balaban J connectivity index is 1.83. The Morgan fingerprint density at radius 2 is 1.48 bits per heavy atom. The molecule has 0 saturated carbocycles. The average molecular weight is 324 g/mol. The van der Waals surface area contributed by atoms with Gasteiger partial charge in [-0.15, -0.1) is 10.2 Å². The highest BCUT2D eigenvalue weighted by molar-refractivity contribution is 6.32. The molecular weight excluding hydrogens is 314 g/mol. The molecule has 6 nitrogen and oxygen atoms in total. The molecule has 0 bridgehead atoms. The largest absolute Gasteiger partial charge is 0.414 e. The van der Waals surface area contributed by atoms with Crippen LogP contribution in [-0.4, -0.2) is 20.2 Å². The van der Waals surface area contributed by atoms with Crippen molar-refractivity contribution in [3.05, 3.63) is 53.7 Å². The van der Waals surface area contributed by atoms with Crippen LogP contribution >= 0.6 is 11.6 Å². The molecule has 0 aliphatic carbocycles. The Morgan fingerprint density at radius 1 is 0.826 bits per heavy atom. The molecule has 4 aromatic rings. The van der Waals surface area contributed by atoms with Gasteiger partial charge in [-0.1, -0.05) is 35.9 Å². The molecule has 0 aliphatic heterocycles. The maximum atomic E-state index is 6.20. The average Bonchev–Trinajstić information content (AvgIpc) is 3.04. The number of halogens is 1. The number of para-hydroxylation sites is 3. The van der Waals surface area contributed by atoms with E-state index in [0.29, 0.717) is 33.9 Å². The normalized spacial score (nSPS) is 11.0. The molecule has 2 aromatic carbocycles. The van der Waals surface area contributed by atoms with Crippen molar-refractivity contribution in [1.82, 2.24) is 20.2 Å². The lowest BCUT2D eigenvalue weighted by atomic mass is 10.2. The monoisotopic (exact) mass is 323 g/mol. The predicted octanol–water partition coefficient (Wildman–Crippen LogP) is 3.58. The van der Waals surface area contributed by atoms with Gasteiger partial charge in [0.25, 0.3) is 5.89 Å². The molecule has 0 unspecified atom stereocenters. The highest BCUT2D eigenvalue weighted by atomic mass is 35.5. The van der Waals surface area contributed by atoms with E-state index in [1.54, 1.807) is 12.1 Å². The number of hydrogen-bond donors (Lipinski definition) is 1. The summed E-state index contributed by atoms with van der Waals surface area (Å²) in [6.07, 6.45) is 0. The zero-order valence-electron chi connectivity index (χ0n) is 11.8. The SMILES string of the molecule is Nc1ccccc1-c1nnc(-c2nc3ccccc3nc2Cl)o1. The first-order valence-electron chi connectivity index (χ1n) is 6.83. The van der Waals surface area contributed by atoms with Crippen LogP contribution in [0.2, 0.25) is 5.15 Å². The molecule has 0 spiro atoms. The van der Waals surface area contributed by atoms with Crippen molar-refractivity contribution < 1.29 is 4.42 Å². The van der Waals surface area contributed by atoms with Gasteiger partial charge >= 0.3 is 0 Å². The van der Waals surface area contributed by atoms with Gasteiger partial charge in [0.05, 0.1) is 16.6 Å². The molecule has 112 valence electrons. The van der Waals surface area contributed by atoms with E-state index in [-0.39, 0.29) is 11.0 Å². The zero-order chi connectivity index (χ0) is 15.8. The third kappa shape index (κ3) is 2.39. The van der Waals surface area contributed by atoms with Crippen LogP contribution in [0.1, 0.15) is 0 Å². The lowest BCUT2D eigenvalue weighted by Crippen LogP contribution is -1.91. The molecular formula is C16H10ClN5O. The number of nitrogen functional groups attached to an aromatic ring is 1. The highest BCUT2D eigenvalue weighted by Crippen LogP contribution is 2.30. The molecule has 2 N–H and O–H groups in total. The van der Waals surface area contributed by atoms with Gasteiger partial charge in [-0.3, -0.25) is 0 Å². The van der Waals surface area contributed by atoms with Gasteiger partial charge in [0.2, 0.25) is 5.89 Å². The standard InChI is InChI=1S/C16H10ClN5O/c17-14-13(19-11-7-3-4-8-12(11)20-14)16-22-21-15(23-16)9-5-1-2-6-10(9)18/h1-8H,18H2. The molecule has 23 heavy (non-hydrogen) atoms. The molecule has 0 aliphatic rings. The van der Waals surface area contributed by atoms with E-state index in [9.17, 15) is 0 Å². The summed E-state index contributed by atoms with van der Waals surface area (Å²) < 4.78 is 5.68. The van der Waals surface area contributed by atoms with Crippen molar-refractivity contribution in [2.24, 2.45) is 0 Å². The Kier molecular flexibility index (Phi) is 3.17. The molecule has 0 radical (unpaired) electrons. The van der Waals surface area contributed by atoms with Crippen LogP contribution in [0.4, 0.5) is 5.69 Å². The lowest BCUT2D eigenvalue weighted by Gasteiger charge is -2.01. The summed E-state index contributed by atoms with van der Waals surface area (Å²) in [6, 6.07) is 14.7. The molecule has 2 heterocycles. The fourth-order valence-corrected chi connectivity index (χ4v) is 2.45. The smallest absolute Gasteiger partial charge is 0.269 e. The van der Waals surface area contributed by atoms with E-state index >= 15 is 0 Å². The number of hydrogen-bond acceptors (Lipinski definition) is 6. The minimum atomic E-state index is 0.200. The van der Waals surface area contributed by atoms with E-state index in [2.05, 4.69) is 20.2 Å². The fourth-order valence-electron chi connectivity index (χ4n) is 2.23. The van der Waals surface area contributed by atoms with Crippen molar-refractivity contribution in [2.75, 3.05) is 5.73 Å². The van der Waals surface area contributed by atoms with Crippen molar-refractivity contribution >= 4 is 28.3 Å². The molecule has 0 saturated heterocycles. The summed E-state index contributed by atoms with van der Waals surface area (Å²) >= 11 is 6.20. The van der Waals surface area contributed by atoms with Crippen LogP contribution in [0.5, 0.6) is 0 Å². The molecule has 4 rings (SSSR count). The molecule has 2 aromatic heterocycles. The topological polar surface area (TPSA) is 90.7 Å². The quantitative estimate of drug-likeness (QED) is 0.567. The van der Waals surface area contributed by atoms with Crippen LogP contribution in [0.25, 0.3) is 34.1 Å². The third-order valence-electron chi connectivity index (χ3n) is 3.35. The first-order chi connectivity index (χ1) is 11.2. The summed E-state index contributed by atoms with van der Waals surface area (Å²) in [7, 11) is 0. The van der Waals surface area contributed by atoms with Gasteiger partial charge in [0.1, 0.15) is 0 Å². The summed E-state index contributed by atoms with van der Waals surface area (Å²) in [6.45, 7) is 0. The molecule has 0 fully saturated rings.